The Morgan fingerprint density at radius 2 is 1.74 bits per heavy atom. The van der Waals surface area contributed by atoms with E-state index in [9.17, 15) is 4.79 Å². The molecule has 1 amide bonds. The molecule has 2 aliphatic heterocycles. The van der Waals surface area contributed by atoms with Gasteiger partial charge in [-0.3, -0.25) is 9.69 Å². The van der Waals surface area contributed by atoms with Crippen LogP contribution in [0.15, 0.2) is 77.8 Å². The standard InChI is InChI=1S/C25H24N4O2.CH4O.CH2O/c1-27-19-10-6-9-17(13-19)18-11-12-21-20(14-18)25(23(30)29(2)24(26)28-25)15-22(31-21)16-7-4-3-5-8-16;2*1-2/h3-14,22,27H,15H2,1-2H3,(H2,26,28);2H,1H3;1H2. The summed E-state index contributed by atoms with van der Waals surface area (Å²) >= 11 is 0. The first kappa shape index (κ1) is 25.5. The number of guanidine groups is 1. The first-order chi connectivity index (χ1) is 17.0. The van der Waals surface area contributed by atoms with E-state index in [2.05, 4.69) is 11.4 Å². The Morgan fingerprint density at radius 3 is 2.37 bits per heavy atom. The molecule has 0 aliphatic carbocycles. The number of nitrogens with two attached hydrogens (primary N) is 1. The van der Waals surface area contributed by atoms with Gasteiger partial charge in [0.1, 0.15) is 18.6 Å². The summed E-state index contributed by atoms with van der Waals surface area (Å²) < 4.78 is 6.37. The van der Waals surface area contributed by atoms with E-state index in [0.717, 1.165) is 35.1 Å². The van der Waals surface area contributed by atoms with Gasteiger partial charge in [0.2, 0.25) is 0 Å². The zero-order valence-electron chi connectivity index (χ0n) is 20.1. The Morgan fingerprint density at radius 1 is 1.06 bits per heavy atom. The highest BCUT2D eigenvalue weighted by Crippen LogP contribution is 2.50. The predicted molar refractivity (Wildman–Crippen MR) is 137 cm³/mol. The van der Waals surface area contributed by atoms with Crippen LogP contribution in [-0.4, -0.2) is 49.9 Å². The van der Waals surface area contributed by atoms with Crippen molar-refractivity contribution >= 4 is 24.3 Å². The monoisotopic (exact) mass is 474 g/mol. The predicted octanol–water partition coefficient (Wildman–Crippen LogP) is 3.32. The maximum Gasteiger partial charge on any atom is 0.261 e. The first-order valence-corrected chi connectivity index (χ1v) is 11.0. The molecule has 3 aromatic rings. The summed E-state index contributed by atoms with van der Waals surface area (Å²) in [5.41, 5.74) is 9.84. The molecule has 0 aromatic heterocycles. The number of aliphatic hydroxyl groups excluding tert-OH is 1. The van der Waals surface area contributed by atoms with Gasteiger partial charge in [0.25, 0.3) is 5.91 Å². The second-order valence-corrected chi connectivity index (χ2v) is 7.96. The number of carbonyl (C=O) groups is 2. The Balaban J connectivity index is 0.000000815. The molecular weight excluding hydrogens is 444 g/mol. The third kappa shape index (κ3) is 4.61. The van der Waals surface area contributed by atoms with Crippen molar-refractivity contribution in [1.82, 2.24) is 4.90 Å². The summed E-state index contributed by atoms with van der Waals surface area (Å²) in [5, 5.41) is 10.2. The lowest BCUT2D eigenvalue weighted by Crippen LogP contribution is -2.43. The van der Waals surface area contributed by atoms with E-state index in [-0.39, 0.29) is 18.0 Å². The van der Waals surface area contributed by atoms with Crippen LogP contribution < -0.4 is 15.8 Å². The van der Waals surface area contributed by atoms with Crippen LogP contribution in [0.2, 0.25) is 0 Å². The summed E-state index contributed by atoms with van der Waals surface area (Å²) in [6.07, 6.45) is 0.104. The second kappa shape index (κ2) is 10.8. The SMILES string of the molecule is C=O.CNc1cccc(-c2ccc3c(c2)C2(CC(c4ccccc4)O3)N=C(N)N(C)C2=O)c1.CO. The smallest absolute Gasteiger partial charge is 0.261 e. The quantitative estimate of drug-likeness (QED) is 0.536. The van der Waals surface area contributed by atoms with Crippen molar-refractivity contribution in [3.05, 3.63) is 83.9 Å². The third-order valence-electron chi connectivity index (χ3n) is 6.14. The number of hydrogen-bond donors (Lipinski definition) is 3. The van der Waals surface area contributed by atoms with Crippen molar-refractivity contribution in [2.24, 2.45) is 10.7 Å². The molecule has 2 unspecified atom stereocenters. The summed E-state index contributed by atoms with van der Waals surface area (Å²) in [6, 6.07) is 24.0. The van der Waals surface area contributed by atoms with Gasteiger partial charge in [-0.15, -0.1) is 0 Å². The number of likely N-dealkylation sites (N-methyl/N-ethyl adjacent to an activating group) is 1. The van der Waals surface area contributed by atoms with Crippen LogP contribution in [-0.2, 0) is 15.1 Å². The van der Waals surface area contributed by atoms with Gasteiger partial charge in [0.05, 0.1) is 0 Å². The lowest BCUT2D eigenvalue weighted by atomic mass is 9.79. The Labute approximate surface area is 205 Å². The molecule has 8 nitrogen and oxygen atoms in total. The number of nitrogens with one attached hydrogen (secondary N) is 1. The summed E-state index contributed by atoms with van der Waals surface area (Å²) in [4.78, 5) is 27.6. The van der Waals surface area contributed by atoms with Gasteiger partial charge in [-0.2, -0.15) is 0 Å². The largest absolute Gasteiger partial charge is 0.485 e. The van der Waals surface area contributed by atoms with E-state index in [4.69, 9.17) is 25.4 Å². The van der Waals surface area contributed by atoms with E-state index in [1.54, 1.807) is 7.05 Å². The van der Waals surface area contributed by atoms with E-state index in [1.807, 2.05) is 80.6 Å². The lowest BCUT2D eigenvalue weighted by Gasteiger charge is -2.37. The van der Waals surface area contributed by atoms with Crippen molar-refractivity contribution in [1.29, 1.82) is 0 Å². The van der Waals surface area contributed by atoms with Gasteiger partial charge in [-0.05, 0) is 41.0 Å². The average molecular weight is 475 g/mol. The molecule has 0 saturated heterocycles. The van der Waals surface area contributed by atoms with Gasteiger partial charge in [0.15, 0.2) is 11.5 Å². The molecule has 0 bridgehead atoms. The first-order valence-electron chi connectivity index (χ1n) is 11.0. The number of nitrogens with zero attached hydrogens (tertiary/aromatic N) is 2. The number of rotatable bonds is 3. The van der Waals surface area contributed by atoms with Gasteiger partial charge < -0.3 is 25.7 Å². The minimum absolute atomic E-state index is 0.128. The van der Waals surface area contributed by atoms with E-state index < -0.39 is 5.54 Å². The lowest BCUT2D eigenvalue weighted by molar-refractivity contribution is -0.132. The zero-order chi connectivity index (χ0) is 25.6. The van der Waals surface area contributed by atoms with Crippen LogP contribution in [0.25, 0.3) is 11.1 Å². The average Bonchev–Trinajstić information content (AvgIpc) is 3.14. The van der Waals surface area contributed by atoms with Gasteiger partial charge in [-0.1, -0.05) is 48.5 Å². The normalized spacial score (nSPS) is 19.9. The number of aliphatic imine (C=N–C) groups is 1. The summed E-state index contributed by atoms with van der Waals surface area (Å²) in [7, 11) is 4.56. The number of fused-ring (bicyclic) bond motifs is 2. The highest BCUT2D eigenvalue weighted by Gasteiger charge is 2.53. The van der Waals surface area contributed by atoms with Crippen LogP contribution in [0.3, 0.4) is 0 Å². The van der Waals surface area contributed by atoms with E-state index in [1.165, 1.54) is 4.90 Å². The maximum atomic E-state index is 13.4. The molecule has 8 heteroatoms. The highest BCUT2D eigenvalue weighted by molar-refractivity contribution is 6.07. The fourth-order valence-corrected chi connectivity index (χ4v) is 4.42. The van der Waals surface area contributed by atoms with Crippen molar-refractivity contribution < 1.29 is 19.4 Å². The third-order valence-corrected chi connectivity index (χ3v) is 6.14. The molecule has 3 aromatic carbocycles. The van der Waals surface area contributed by atoms with Crippen LogP contribution in [0.4, 0.5) is 5.69 Å². The maximum absolute atomic E-state index is 13.4. The fraction of sp³-hybridized carbons (Fsp3) is 0.222. The molecule has 0 radical (unpaired) electrons. The van der Waals surface area contributed by atoms with E-state index in [0.29, 0.717) is 12.2 Å². The molecule has 2 atom stereocenters. The number of aliphatic hydroxyl groups is 1. The number of amides is 1. The Bertz CT molecular complexity index is 1210. The van der Waals surface area contributed by atoms with Crippen LogP contribution in [0.1, 0.15) is 23.7 Å². The fourth-order valence-electron chi connectivity index (χ4n) is 4.42. The van der Waals surface area contributed by atoms with Crippen molar-refractivity contribution in [2.75, 3.05) is 26.5 Å². The topological polar surface area (TPSA) is 117 Å². The number of carbonyl (C=O) groups excluding carboxylic acids is 2. The second-order valence-electron chi connectivity index (χ2n) is 7.96. The van der Waals surface area contributed by atoms with Crippen molar-refractivity contribution in [2.45, 2.75) is 18.1 Å². The molecule has 0 saturated carbocycles. The van der Waals surface area contributed by atoms with Crippen LogP contribution >= 0.6 is 0 Å². The van der Waals surface area contributed by atoms with Crippen LogP contribution in [0, 0.1) is 0 Å². The molecule has 4 N–H and O–H groups in total. The minimum Gasteiger partial charge on any atom is -0.485 e. The minimum atomic E-state index is -1.09. The molecule has 2 aliphatic rings. The van der Waals surface area contributed by atoms with Crippen molar-refractivity contribution in [3.8, 4) is 16.9 Å². The van der Waals surface area contributed by atoms with E-state index >= 15 is 0 Å². The van der Waals surface area contributed by atoms with Gasteiger partial charge in [0, 0.05) is 38.9 Å². The molecule has 0 fully saturated rings. The number of benzene rings is 3. The molecular formula is C27H30N4O4. The number of hydrogen-bond acceptors (Lipinski definition) is 7. The Kier molecular flexibility index (Phi) is 7.88. The van der Waals surface area contributed by atoms with Crippen molar-refractivity contribution in [3.63, 3.8) is 0 Å². The van der Waals surface area contributed by atoms with Crippen LogP contribution in [0.5, 0.6) is 5.75 Å². The Hall–Kier alpha value is -4.17. The summed E-state index contributed by atoms with van der Waals surface area (Å²) in [5.74, 6) is 0.762. The highest BCUT2D eigenvalue weighted by atomic mass is 16.5. The molecule has 35 heavy (non-hydrogen) atoms. The van der Waals surface area contributed by atoms with Gasteiger partial charge >= 0.3 is 0 Å². The van der Waals surface area contributed by atoms with Gasteiger partial charge in [-0.25, -0.2) is 4.99 Å². The molecule has 1 spiro atoms. The number of anilines is 1. The number of ether oxygens (including phenoxy) is 1. The molecule has 5 rings (SSSR count). The molecule has 2 heterocycles. The molecule has 182 valence electrons. The zero-order valence-corrected chi connectivity index (χ0v) is 20.1. The summed E-state index contributed by atoms with van der Waals surface area (Å²) in [6.45, 7) is 2.00.